The van der Waals surface area contributed by atoms with Crippen LogP contribution in [0.15, 0.2) is 18.5 Å². The van der Waals surface area contributed by atoms with Crippen molar-refractivity contribution in [2.24, 2.45) is 0 Å². The van der Waals surface area contributed by atoms with Crippen LogP contribution in [0.2, 0.25) is 0 Å². The van der Waals surface area contributed by atoms with Crippen LogP contribution in [0, 0.1) is 0 Å². The lowest BCUT2D eigenvalue weighted by atomic mass is 9.87. The molecule has 0 radical (unpaired) electrons. The lowest BCUT2D eigenvalue weighted by Gasteiger charge is -2.37. The summed E-state index contributed by atoms with van der Waals surface area (Å²) in [6.07, 6.45) is 5.90. The Bertz CT molecular complexity index is 369. The number of anilines is 1. The smallest absolute Gasteiger partial charge is 0.0815 e. The van der Waals surface area contributed by atoms with Crippen molar-refractivity contribution in [1.29, 1.82) is 0 Å². The van der Waals surface area contributed by atoms with Crippen molar-refractivity contribution in [3.8, 4) is 0 Å². The minimum Gasteiger partial charge on any atom is -0.398 e. The molecule has 88 valence electrons. The third-order valence-corrected chi connectivity index (χ3v) is 3.21. The molecule has 16 heavy (non-hydrogen) atoms. The molecule has 0 amide bonds. The van der Waals surface area contributed by atoms with Gasteiger partial charge < -0.3 is 15.7 Å². The summed E-state index contributed by atoms with van der Waals surface area (Å²) < 4.78 is 0. The van der Waals surface area contributed by atoms with Crippen LogP contribution in [0.3, 0.4) is 0 Å². The number of nitrogens with zero attached hydrogens (tertiary/aromatic N) is 2. The highest BCUT2D eigenvalue weighted by Crippen LogP contribution is 2.26. The van der Waals surface area contributed by atoms with Gasteiger partial charge in [0.2, 0.25) is 0 Å². The fourth-order valence-corrected chi connectivity index (χ4v) is 2.42. The lowest BCUT2D eigenvalue weighted by molar-refractivity contribution is -0.0223. The molecule has 0 saturated carbocycles. The molecule has 1 aliphatic heterocycles. The number of pyridine rings is 1. The number of hydrogen-bond donors (Lipinski definition) is 2. The quantitative estimate of drug-likeness (QED) is 0.770. The van der Waals surface area contributed by atoms with E-state index in [2.05, 4.69) is 9.88 Å². The Balaban J connectivity index is 2.11. The fourth-order valence-electron chi connectivity index (χ4n) is 2.42. The Hall–Kier alpha value is -1.13. The molecule has 1 unspecified atom stereocenters. The van der Waals surface area contributed by atoms with Crippen molar-refractivity contribution in [2.75, 3.05) is 25.9 Å². The molecule has 4 heteroatoms. The highest BCUT2D eigenvalue weighted by Gasteiger charge is 2.32. The molecule has 4 nitrogen and oxygen atoms in total. The van der Waals surface area contributed by atoms with Crippen molar-refractivity contribution >= 4 is 5.69 Å². The zero-order chi connectivity index (χ0) is 11.6. The van der Waals surface area contributed by atoms with E-state index in [0.29, 0.717) is 13.0 Å². The van der Waals surface area contributed by atoms with Crippen molar-refractivity contribution in [1.82, 2.24) is 9.88 Å². The number of rotatable bonds is 2. The van der Waals surface area contributed by atoms with Crippen LogP contribution in [0.1, 0.15) is 18.4 Å². The standard InChI is InChI=1S/C12H19N3O/c1-15-6-2-4-12(16,9-15)7-10-8-14-5-3-11(10)13/h3,5,8,16H,2,4,6-7,9H2,1H3,(H2,13,14). The van der Waals surface area contributed by atoms with Gasteiger partial charge in [0.15, 0.2) is 0 Å². The maximum Gasteiger partial charge on any atom is 0.0815 e. The molecule has 1 saturated heterocycles. The molecule has 0 spiro atoms. The van der Waals surface area contributed by atoms with Gasteiger partial charge in [0, 0.05) is 31.0 Å². The van der Waals surface area contributed by atoms with Gasteiger partial charge in [-0.05, 0) is 38.1 Å². The molecule has 2 heterocycles. The van der Waals surface area contributed by atoms with Gasteiger partial charge in [-0.15, -0.1) is 0 Å². The summed E-state index contributed by atoms with van der Waals surface area (Å²) in [4.78, 5) is 6.22. The minimum absolute atomic E-state index is 0.594. The Labute approximate surface area is 96.1 Å². The second kappa shape index (κ2) is 4.39. The molecule has 0 aromatic carbocycles. The summed E-state index contributed by atoms with van der Waals surface area (Å²) in [6, 6.07) is 1.78. The van der Waals surface area contributed by atoms with Crippen LogP contribution < -0.4 is 5.73 Å². The van der Waals surface area contributed by atoms with Crippen molar-refractivity contribution < 1.29 is 5.11 Å². The molecule has 1 aromatic heterocycles. The maximum absolute atomic E-state index is 10.5. The Morgan fingerprint density at radius 2 is 2.44 bits per heavy atom. The van der Waals surface area contributed by atoms with E-state index in [0.717, 1.165) is 30.6 Å². The molecule has 3 N–H and O–H groups in total. The van der Waals surface area contributed by atoms with Crippen LogP contribution in [0.5, 0.6) is 0 Å². The number of hydrogen-bond acceptors (Lipinski definition) is 4. The van der Waals surface area contributed by atoms with E-state index in [1.54, 1.807) is 18.5 Å². The van der Waals surface area contributed by atoms with Gasteiger partial charge in [-0.25, -0.2) is 0 Å². The summed E-state index contributed by atoms with van der Waals surface area (Å²) in [5, 5.41) is 10.5. The molecule has 1 fully saturated rings. The summed E-state index contributed by atoms with van der Waals surface area (Å²) in [7, 11) is 2.04. The second-order valence-corrected chi connectivity index (χ2v) is 4.82. The van der Waals surface area contributed by atoms with Gasteiger partial charge in [0.05, 0.1) is 5.60 Å². The predicted octanol–water partition coefficient (Wildman–Crippen LogP) is 0.663. The van der Waals surface area contributed by atoms with E-state index in [1.807, 2.05) is 7.05 Å². The highest BCUT2D eigenvalue weighted by atomic mass is 16.3. The van der Waals surface area contributed by atoms with Gasteiger partial charge in [0.25, 0.3) is 0 Å². The van der Waals surface area contributed by atoms with Crippen molar-refractivity contribution in [3.63, 3.8) is 0 Å². The number of likely N-dealkylation sites (N-methyl/N-ethyl adjacent to an activating group) is 1. The van der Waals surface area contributed by atoms with Gasteiger partial charge >= 0.3 is 0 Å². The van der Waals surface area contributed by atoms with Crippen LogP contribution in [0.4, 0.5) is 5.69 Å². The maximum atomic E-state index is 10.5. The summed E-state index contributed by atoms with van der Waals surface area (Å²) >= 11 is 0. The minimum atomic E-state index is -0.649. The average molecular weight is 221 g/mol. The van der Waals surface area contributed by atoms with E-state index >= 15 is 0 Å². The number of likely N-dealkylation sites (tertiary alicyclic amines) is 1. The van der Waals surface area contributed by atoms with E-state index in [9.17, 15) is 5.11 Å². The monoisotopic (exact) mass is 221 g/mol. The molecular formula is C12H19N3O. The van der Waals surface area contributed by atoms with Gasteiger partial charge in [-0.2, -0.15) is 0 Å². The number of nitrogens with two attached hydrogens (primary N) is 1. The van der Waals surface area contributed by atoms with Gasteiger partial charge in [0.1, 0.15) is 0 Å². The first-order chi connectivity index (χ1) is 7.59. The molecule has 0 aliphatic carbocycles. The number of aliphatic hydroxyl groups is 1. The SMILES string of the molecule is CN1CCCC(O)(Cc2cnccc2N)C1. The first kappa shape index (κ1) is 11.4. The molecule has 1 aromatic rings. The number of nitrogen functional groups attached to an aromatic ring is 1. The van der Waals surface area contributed by atoms with Crippen LogP contribution in [-0.2, 0) is 6.42 Å². The zero-order valence-corrected chi connectivity index (χ0v) is 9.69. The topological polar surface area (TPSA) is 62.4 Å². The number of β-amino-alcohol motifs (C(OH)–C–C–N with tert-alkyl or cyclic N) is 1. The van der Waals surface area contributed by atoms with E-state index in [-0.39, 0.29) is 0 Å². The zero-order valence-electron chi connectivity index (χ0n) is 9.69. The highest BCUT2D eigenvalue weighted by molar-refractivity contribution is 5.45. The largest absolute Gasteiger partial charge is 0.398 e. The lowest BCUT2D eigenvalue weighted by Crippen LogP contribution is -2.47. The van der Waals surface area contributed by atoms with E-state index < -0.39 is 5.60 Å². The van der Waals surface area contributed by atoms with Gasteiger partial charge in [-0.3, -0.25) is 4.98 Å². The van der Waals surface area contributed by atoms with Crippen LogP contribution in [-0.4, -0.2) is 40.7 Å². The average Bonchev–Trinajstić information content (AvgIpc) is 2.21. The normalized spacial score (nSPS) is 26.9. The summed E-state index contributed by atoms with van der Waals surface area (Å²) in [6.45, 7) is 1.77. The molecule has 1 aliphatic rings. The van der Waals surface area contributed by atoms with Crippen molar-refractivity contribution in [3.05, 3.63) is 24.0 Å². The molecule has 2 rings (SSSR count). The first-order valence-corrected chi connectivity index (χ1v) is 5.68. The predicted molar refractivity (Wildman–Crippen MR) is 64.0 cm³/mol. The van der Waals surface area contributed by atoms with Crippen LogP contribution in [0.25, 0.3) is 0 Å². The van der Waals surface area contributed by atoms with Gasteiger partial charge in [-0.1, -0.05) is 0 Å². The third kappa shape index (κ3) is 2.51. The molecular weight excluding hydrogens is 202 g/mol. The molecule has 0 bridgehead atoms. The fraction of sp³-hybridized carbons (Fsp3) is 0.583. The summed E-state index contributed by atoms with van der Waals surface area (Å²) in [5.74, 6) is 0. The van der Waals surface area contributed by atoms with Crippen LogP contribution >= 0.6 is 0 Å². The number of piperidine rings is 1. The number of aromatic nitrogens is 1. The Kier molecular flexibility index (Phi) is 3.12. The van der Waals surface area contributed by atoms with E-state index in [1.165, 1.54) is 0 Å². The van der Waals surface area contributed by atoms with Crippen molar-refractivity contribution in [2.45, 2.75) is 24.9 Å². The Morgan fingerprint density at radius 1 is 1.62 bits per heavy atom. The Morgan fingerprint density at radius 3 is 3.12 bits per heavy atom. The molecule has 1 atom stereocenters. The first-order valence-electron chi connectivity index (χ1n) is 5.68. The third-order valence-electron chi connectivity index (χ3n) is 3.21. The second-order valence-electron chi connectivity index (χ2n) is 4.82. The summed E-state index contributed by atoms with van der Waals surface area (Å²) in [5.41, 5.74) is 6.88. The van der Waals surface area contributed by atoms with E-state index in [4.69, 9.17) is 5.73 Å².